The van der Waals surface area contributed by atoms with Crippen LogP contribution in [-0.4, -0.2) is 35.0 Å². The molecule has 60 valence electrons. The number of aliphatic hydroxyl groups is 2. The fraction of sp³-hybridized carbons (Fsp3) is 1.00. The van der Waals surface area contributed by atoms with Gasteiger partial charge in [-0.1, -0.05) is 0 Å². The van der Waals surface area contributed by atoms with Gasteiger partial charge in [0.15, 0.2) is 12.6 Å². The molecule has 4 heteroatoms. The number of aliphatic hydroxyl groups excluding tert-OH is 2. The minimum Gasteiger partial charge on any atom is -0.366 e. The molecule has 4 nitrogen and oxygen atoms in total. The number of rotatable bonds is 0. The molecule has 1 heterocycles. The molecule has 0 aliphatic carbocycles. The maximum atomic E-state index is 9.01. The Morgan fingerprint density at radius 1 is 0.900 bits per heavy atom. The Bertz CT molecular complexity index is 90.3. The fourth-order valence-electron chi connectivity index (χ4n) is 0.796. The number of hydrogen-bond donors (Lipinski definition) is 2. The summed E-state index contributed by atoms with van der Waals surface area (Å²) in [6, 6.07) is 0. The van der Waals surface area contributed by atoms with Gasteiger partial charge in [-0.15, -0.1) is 0 Å². The van der Waals surface area contributed by atoms with Crippen LogP contribution in [0.15, 0.2) is 0 Å². The highest BCUT2D eigenvalue weighted by Gasteiger charge is 2.31. The van der Waals surface area contributed by atoms with E-state index in [1.165, 1.54) is 0 Å². The Hall–Kier alpha value is -0.160. The highest BCUT2D eigenvalue weighted by Crippen LogP contribution is 2.16. The van der Waals surface area contributed by atoms with Gasteiger partial charge in [-0.3, -0.25) is 0 Å². The molecule has 1 aliphatic heterocycles. The van der Waals surface area contributed by atoms with Crippen molar-refractivity contribution < 1.29 is 19.7 Å². The third-order valence-corrected chi connectivity index (χ3v) is 1.51. The van der Waals surface area contributed by atoms with Gasteiger partial charge in [0.1, 0.15) is 12.2 Å². The molecule has 0 radical (unpaired) electrons. The topological polar surface area (TPSA) is 58.9 Å². The van der Waals surface area contributed by atoms with Gasteiger partial charge in [0.2, 0.25) is 0 Å². The van der Waals surface area contributed by atoms with E-state index in [0.717, 1.165) is 0 Å². The first kappa shape index (κ1) is 7.94. The van der Waals surface area contributed by atoms with Crippen molar-refractivity contribution in [2.24, 2.45) is 0 Å². The average Bonchev–Trinajstić information content (AvgIpc) is 1.84. The summed E-state index contributed by atoms with van der Waals surface area (Å²) in [5.41, 5.74) is 0. The van der Waals surface area contributed by atoms with Crippen molar-refractivity contribution in [2.45, 2.75) is 38.6 Å². The summed E-state index contributed by atoms with van der Waals surface area (Å²) in [5, 5.41) is 18.0. The first-order valence-electron chi connectivity index (χ1n) is 3.28. The molecule has 10 heavy (non-hydrogen) atoms. The third kappa shape index (κ3) is 1.46. The lowest BCUT2D eigenvalue weighted by molar-refractivity contribution is -0.322. The van der Waals surface area contributed by atoms with E-state index in [1.54, 1.807) is 13.8 Å². The first-order chi connectivity index (χ1) is 4.61. The van der Waals surface area contributed by atoms with Crippen LogP contribution < -0.4 is 0 Å². The molecule has 0 aromatic rings. The SMILES string of the molecule is C[C@@H]1OC(O)[C@H](C)OC1O. The third-order valence-electron chi connectivity index (χ3n) is 1.51. The summed E-state index contributed by atoms with van der Waals surface area (Å²) in [6.07, 6.45) is -2.74. The molecule has 4 atom stereocenters. The lowest BCUT2D eigenvalue weighted by Crippen LogP contribution is -2.46. The molecular formula is C6H12O4. The van der Waals surface area contributed by atoms with Crippen LogP contribution >= 0.6 is 0 Å². The zero-order valence-corrected chi connectivity index (χ0v) is 6.02. The summed E-state index contributed by atoms with van der Waals surface area (Å²) >= 11 is 0. The van der Waals surface area contributed by atoms with E-state index in [1.807, 2.05) is 0 Å². The van der Waals surface area contributed by atoms with Crippen LogP contribution in [0.1, 0.15) is 13.8 Å². The van der Waals surface area contributed by atoms with Gasteiger partial charge in [-0.25, -0.2) is 0 Å². The van der Waals surface area contributed by atoms with Crippen molar-refractivity contribution in [1.29, 1.82) is 0 Å². The summed E-state index contributed by atoms with van der Waals surface area (Å²) in [6.45, 7) is 3.28. The average molecular weight is 148 g/mol. The van der Waals surface area contributed by atoms with Gasteiger partial charge < -0.3 is 19.7 Å². The predicted octanol–water partition coefficient (Wildman–Crippen LogP) is -0.553. The normalized spacial score (nSPS) is 49.2. The second kappa shape index (κ2) is 2.84. The minimum atomic E-state index is -0.918. The Morgan fingerprint density at radius 3 is 1.50 bits per heavy atom. The molecule has 1 rings (SSSR count). The fourth-order valence-corrected chi connectivity index (χ4v) is 0.796. The Kier molecular flexibility index (Phi) is 2.25. The Morgan fingerprint density at radius 2 is 1.20 bits per heavy atom. The van der Waals surface area contributed by atoms with Crippen LogP contribution in [0.25, 0.3) is 0 Å². The zero-order chi connectivity index (χ0) is 7.72. The molecule has 2 N–H and O–H groups in total. The highest BCUT2D eigenvalue weighted by molar-refractivity contribution is 4.66. The van der Waals surface area contributed by atoms with Crippen LogP contribution in [0.3, 0.4) is 0 Å². The van der Waals surface area contributed by atoms with Gasteiger partial charge in [-0.2, -0.15) is 0 Å². The van der Waals surface area contributed by atoms with Crippen molar-refractivity contribution in [3.05, 3.63) is 0 Å². The van der Waals surface area contributed by atoms with Crippen LogP contribution in [0.4, 0.5) is 0 Å². The van der Waals surface area contributed by atoms with Gasteiger partial charge in [-0.05, 0) is 13.8 Å². The van der Waals surface area contributed by atoms with E-state index >= 15 is 0 Å². The van der Waals surface area contributed by atoms with Crippen molar-refractivity contribution >= 4 is 0 Å². The lowest BCUT2D eigenvalue weighted by Gasteiger charge is -2.33. The number of hydrogen-bond acceptors (Lipinski definition) is 4. The molecule has 0 bridgehead atoms. The molecule has 0 aromatic heterocycles. The lowest BCUT2D eigenvalue weighted by atomic mass is 10.3. The van der Waals surface area contributed by atoms with Gasteiger partial charge in [0.05, 0.1) is 0 Å². The monoisotopic (exact) mass is 148 g/mol. The molecule has 2 unspecified atom stereocenters. The molecule has 0 spiro atoms. The van der Waals surface area contributed by atoms with Crippen LogP contribution in [0, 0.1) is 0 Å². The van der Waals surface area contributed by atoms with E-state index in [4.69, 9.17) is 19.7 Å². The van der Waals surface area contributed by atoms with Crippen LogP contribution in [0.5, 0.6) is 0 Å². The van der Waals surface area contributed by atoms with Crippen molar-refractivity contribution in [3.8, 4) is 0 Å². The summed E-state index contributed by atoms with van der Waals surface area (Å²) < 4.78 is 9.78. The van der Waals surface area contributed by atoms with Gasteiger partial charge in [0.25, 0.3) is 0 Å². The smallest absolute Gasteiger partial charge is 0.181 e. The molecule has 0 saturated carbocycles. The molecule has 0 amide bonds. The molecular weight excluding hydrogens is 136 g/mol. The summed E-state index contributed by atoms with van der Waals surface area (Å²) in [4.78, 5) is 0. The maximum Gasteiger partial charge on any atom is 0.181 e. The predicted molar refractivity (Wildman–Crippen MR) is 33.1 cm³/mol. The van der Waals surface area contributed by atoms with Crippen molar-refractivity contribution in [2.75, 3.05) is 0 Å². The molecule has 1 fully saturated rings. The standard InChI is InChI=1S/C6H12O4/c1-3-5(7)10-4(2)6(8)9-3/h3-8H,1-2H3/t3-,4-,5?,6?/m0/s1. The minimum absolute atomic E-state index is 0.453. The molecule has 1 saturated heterocycles. The molecule has 0 aromatic carbocycles. The number of ether oxygens (including phenoxy) is 2. The van der Waals surface area contributed by atoms with E-state index in [-0.39, 0.29) is 0 Å². The van der Waals surface area contributed by atoms with Crippen molar-refractivity contribution in [3.63, 3.8) is 0 Å². The Labute approximate surface area is 59.4 Å². The van der Waals surface area contributed by atoms with Crippen LogP contribution in [0.2, 0.25) is 0 Å². The van der Waals surface area contributed by atoms with E-state index in [9.17, 15) is 0 Å². The Balaban J connectivity index is 2.46. The highest BCUT2D eigenvalue weighted by atomic mass is 16.7. The van der Waals surface area contributed by atoms with Crippen LogP contribution in [-0.2, 0) is 9.47 Å². The van der Waals surface area contributed by atoms with Gasteiger partial charge >= 0.3 is 0 Å². The molecule has 1 aliphatic rings. The van der Waals surface area contributed by atoms with Crippen molar-refractivity contribution in [1.82, 2.24) is 0 Å². The second-order valence-corrected chi connectivity index (χ2v) is 2.46. The zero-order valence-electron chi connectivity index (χ0n) is 6.02. The van der Waals surface area contributed by atoms with E-state index in [2.05, 4.69) is 0 Å². The van der Waals surface area contributed by atoms with E-state index in [0.29, 0.717) is 0 Å². The summed E-state index contributed by atoms with van der Waals surface area (Å²) in [5.74, 6) is 0. The van der Waals surface area contributed by atoms with Gasteiger partial charge in [0, 0.05) is 0 Å². The quantitative estimate of drug-likeness (QED) is 0.483. The largest absolute Gasteiger partial charge is 0.366 e. The van der Waals surface area contributed by atoms with E-state index < -0.39 is 24.8 Å². The first-order valence-corrected chi connectivity index (χ1v) is 3.28. The maximum absolute atomic E-state index is 9.01. The second-order valence-electron chi connectivity index (χ2n) is 2.46. The summed E-state index contributed by atoms with van der Waals surface area (Å²) in [7, 11) is 0.